The van der Waals surface area contributed by atoms with Crippen molar-refractivity contribution in [3.8, 4) is 0 Å². The third kappa shape index (κ3) is 3.20. The number of hydrogen-bond acceptors (Lipinski definition) is 4. The van der Waals surface area contributed by atoms with Crippen LogP contribution >= 0.6 is 0 Å². The van der Waals surface area contributed by atoms with Crippen LogP contribution in [-0.2, 0) is 14.3 Å². The number of nitrogens with zero attached hydrogens (tertiary/aromatic N) is 2. The average molecular weight is 255 g/mol. The number of likely N-dealkylation sites (tertiary alicyclic amines) is 1. The Hall–Kier alpha value is -1.14. The highest BCUT2D eigenvalue weighted by Gasteiger charge is 2.26. The van der Waals surface area contributed by atoms with Gasteiger partial charge in [0.1, 0.15) is 0 Å². The number of rotatable bonds is 3. The molecule has 2 heterocycles. The van der Waals surface area contributed by atoms with Gasteiger partial charge in [-0.25, -0.2) is 0 Å². The molecule has 0 aromatic heterocycles. The van der Waals surface area contributed by atoms with E-state index in [4.69, 9.17) is 4.74 Å². The van der Waals surface area contributed by atoms with Crippen LogP contribution in [0.25, 0.3) is 0 Å². The normalized spacial score (nSPS) is 25.4. The molecule has 2 aliphatic heterocycles. The maximum Gasteiger partial charge on any atom is 0.242 e. The zero-order valence-corrected chi connectivity index (χ0v) is 10.9. The third-order valence-corrected chi connectivity index (χ3v) is 3.58. The lowest BCUT2D eigenvalue weighted by Crippen LogP contribution is -2.53. The fourth-order valence-electron chi connectivity index (χ4n) is 2.43. The summed E-state index contributed by atoms with van der Waals surface area (Å²) in [5.74, 6) is 0.0434. The molecule has 0 unspecified atom stereocenters. The highest BCUT2D eigenvalue weighted by molar-refractivity contribution is 5.86. The van der Waals surface area contributed by atoms with Crippen LogP contribution in [0, 0.1) is 0 Å². The molecule has 0 radical (unpaired) electrons. The summed E-state index contributed by atoms with van der Waals surface area (Å²) in [5, 5.41) is 3.00. The Balaban J connectivity index is 1.85. The Labute approximate surface area is 107 Å². The van der Waals surface area contributed by atoms with Crippen LogP contribution in [0.2, 0.25) is 0 Å². The van der Waals surface area contributed by atoms with Gasteiger partial charge in [-0.1, -0.05) is 0 Å². The molecule has 6 heteroatoms. The topological polar surface area (TPSA) is 61.9 Å². The van der Waals surface area contributed by atoms with E-state index in [1.54, 1.807) is 12.0 Å². The predicted molar refractivity (Wildman–Crippen MR) is 66.1 cm³/mol. The summed E-state index contributed by atoms with van der Waals surface area (Å²) in [7, 11) is 1.68. The van der Waals surface area contributed by atoms with Crippen LogP contribution < -0.4 is 5.32 Å². The van der Waals surface area contributed by atoms with Gasteiger partial charge < -0.3 is 19.9 Å². The molecule has 0 aromatic rings. The van der Waals surface area contributed by atoms with Crippen LogP contribution in [0.3, 0.4) is 0 Å². The van der Waals surface area contributed by atoms with Gasteiger partial charge in [0.15, 0.2) is 0 Å². The molecule has 1 atom stereocenters. The minimum atomic E-state index is 0.00917. The molecule has 1 N–H and O–H groups in total. The summed E-state index contributed by atoms with van der Waals surface area (Å²) in [6, 6.07) is 0. The van der Waals surface area contributed by atoms with E-state index in [0.29, 0.717) is 19.6 Å². The van der Waals surface area contributed by atoms with Crippen LogP contribution in [0.1, 0.15) is 12.8 Å². The summed E-state index contributed by atoms with van der Waals surface area (Å²) >= 11 is 0. The second-order valence-electron chi connectivity index (χ2n) is 4.83. The second-order valence-corrected chi connectivity index (χ2v) is 4.83. The fraction of sp³-hybridized carbons (Fsp3) is 0.833. The number of nitrogens with one attached hydrogen (secondary N) is 1. The van der Waals surface area contributed by atoms with Crippen molar-refractivity contribution >= 4 is 11.8 Å². The molecule has 0 aromatic carbocycles. The van der Waals surface area contributed by atoms with Gasteiger partial charge in [0.25, 0.3) is 0 Å². The highest BCUT2D eigenvalue weighted by Crippen LogP contribution is 2.13. The van der Waals surface area contributed by atoms with Gasteiger partial charge in [-0.15, -0.1) is 0 Å². The van der Waals surface area contributed by atoms with Crippen molar-refractivity contribution in [3.05, 3.63) is 0 Å². The van der Waals surface area contributed by atoms with Crippen LogP contribution in [0.5, 0.6) is 0 Å². The van der Waals surface area contributed by atoms with E-state index >= 15 is 0 Å². The first kappa shape index (κ1) is 13.3. The zero-order chi connectivity index (χ0) is 13.0. The number of ether oxygens (including phenoxy) is 1. The van der Waals surface area contributed by atoms with E-state index in [2.05, 4.69) is 5.32 Å². The Morgan fingerprint density at radius 3 is 3.06 bits per heavy atom. The van der Waals surface area contributed by atoms with E-state index in [1.807, 2.05) is 4.90 Å². The Morgan fingerprint density at radius 1 is 1.50 bits per heavy atom. The molecule has 2 fully saturated rings. The summed E-state index contributed by atoms with van der Waals surface area (Å²) in [6.07, 6.45) is 2.12. The number of amides is 2. The van der Waals surface area contributed by atoms with E-state index in [0.717, 1.165) is 25.9 Å². The van der Waals surface area contributed by atoms with Gasteiger partial charge in [0.2, 0.25) is 11.8 Å². The van der Waals surface area contributed by atoms with E-state index < -0.39 is 0 Å². The lowest BCUT2D eigenvalue weighted by Gasteiger charge is -2.34. The Kier molecular flexibility index (Phi) is 4.54. The van der Waals surface area contributed by atoms with Gasteiger partial charge in [0, 0.05) is 33.3 Å². The molecule has 0 aliphatic carbocycles. The van der Waals surface area contributed by atoms with Crippen molar-refractivity contribution < 1.29 is 14.3 Å². The molecule has 0 spiro atoms. The van der Waals surface area contributed by atoms with Crippen molar-refractivity contribution in [3.63, 3.8) is 0 Å². The quantitative estimate of drug-likeness (QED) is 0.707. The first-order chi connectivity index (χ1) is 8.70. The first-order valence-electron chi connectivity index (χ1n) is 6.50. The van der Waals surface area contributed by atoms with Crippen molar-refractivity contribution in [2.24, 2.45) is 0 Å². The van der Waals surface area contributed by atoms with Crippen LogP contribution in [0.15, 0.2) is 0 Å². The number of piperidine rings is 1. The number of carbonyl (C=O) groups is 2. The summed E-state index contributed by atoms with van der Waals surface area (Å²) < 4.78 is 5.30. The first-order valence-corrected chi connectivity index (χ1v) is 6.50. The molecule has 2 amide bonds. The second kappa shape index (κ2) is 6.15. The van der Waals surface area contributed by atoms with Gasteiger partial charge in [0.05, 0.1) is 19.2 Å². The molecule has 18 heavy (non-hydrogen) atoms. The van der Waals surface area contributed by atoms with Gasteiger partial charge >= 0.3 is 0 Å². The van der Waals surface area contributed by atoms with Gasteiger partial charge in [-0.3, -0.25) is 9.59 Å². The molecule has 0 saturated carbocycles. The minimum Gasteiger partial charge on any atom is -0.380 e. The molecule has 6 nitrogen and oxygen atoms in total. The Bertz CT molecular complexity index is 322. The van der Waals surface area contributed by atoms with Crippen LogP contribution in [-0.4, -0.2) is 74.1 Å². The minimum absolute atomic E-state index is 0.00917. The molecule has 2 rings (SSSR count). The smallest absolute Gasteiger partial charge is 0.242 e. The van der Waals surface area contributed by atoms with E-state index in [-0.39, 0.29) is 24.5 Å². The molecule has 102 valence electrons. The molecule has 2 aliphatic rings. The van der Waals surface area contributed by atoms with Gasteiger partial charge in [-0.05, 0) is 12.8 Å². The Morgan fingerprint density at radius 2 is 2.33 bits per heavy atom. The molecular formula is C12H21N3O3. The highest BCUT2D eigenvalue weighted by atomic mass is 16.5. The number of carbonyl (C=O) groups excluding carboxylic acids is 2. The summed E-state index contributed by atoms with van der Waals surface area (Å²) in [4.78, 5) is 27.2. The predicted octanol–water partition coefficient (Wildman–Crippen LogP) is -0.944. The maximum absolute atomic E-state index is 12.1. The summed E-state index contributed by atoms with van der Waals surface area (Å²) in [5.41, 5.74) is 0. The number of methoxy groups -OCH3 is 1. The molecular weight excluding hydrogens is 234 g/mol. The van der Waals surface area contributed by atoms with Crippen molar-refractivity contribution in [2.45, 2.75) is 18.9 Å². The number of hydrogen-bond donors (Lipinski definition) is 1. The zero-order valence-electron chi connectivity index (χ0n) is 10.9. The largest absolute Gasteiger partial charge is 0.380 e. The number of piperazine rings is 1. The van der Waals surface area contributed by atoms with Gasteiger partial charge in [-0.2, -0.15) is 0 Å². The standard InChI is InChI=1S/C12H21N3O3/c1-18-10-3-2-5-14(8-10)12(17)9-15-6-4-13-7-11(15)16/h10,13H,2-9H2,1H3/t10-/m1/s1. The third-order valence-electron chi connectivity index (χ3n) is 3.58. The molecule has 0 bridgehead atoms. The lowest BCUT2D eigenvalue weighted by molar-refractivity contribution is -0.143. The SMILES string of the molecule is CO[C@@H]1CCCN(C(=O)CN2CCNCC2=O)C1. The van der Waals surface area contributed by atoms with Crippen molar-refractivity contribution in [1.82, 2.24) is 15.1 Å². The van der Waals surface area contributed by atoms with Crippen molar-refractivity contribution in [1.29, 1.82) is 0 Å². The average Bonchev–Trinajstić information content (AvgIpc) is 2.41. The summed E-state index contributed by atoms with van der Waals surface area (Å²) in [6.45, 7) is 3.35. The monoisotopic (exact) mass is 255 g/mol. The van der Waals surface area contributed by atoms with Crippen LogP contribution in [0.4, 0.5) is 0 Å². The van der Waals surface area contributed by atoms with E-state index in [1.165, 1.54) is 0 Å². The fourth-order valence-corrected chi connectivity index (χ4v) is 2.43. The van der Waals surface area contributed by atoms with Crippen molar-refractivity contribution in [2.75, 3.05) is 46.4 Å². The maximum atomic E-state index is 12.1. The lowest BCUT2D eigenvalue weighted by atomic mass is 10.1. The van der Waals surface area contributed by atoms with E-state index in [9.17, 15) is 9.59 Å². The molecule has 2 saturated heterocycles.